The highest BCUT2D eigenvalue weighted by atomic mass is 32.2. The summed E-state index contributed by atoms with van der Waals surface area (Å²) in [6, 6.07) is 50.1. The molecule has 0 aromatic heterocycles. The smallest absolute Gasteiger partial charge is 0.100 e. The third-order valence-corrected chi connectivity index (χ3v) is 12.5. The molecule has 0 unspecified atom stereocenters. The molecule has 216 valence electrons. The minimum atomic E-state index is -1.22. The molecule has 6 rings (SSSR count). The Hall–Kier alpha value is -3.62. The maximum absolute atomic E-state index is 14.2. The van der Waals surface area contributed by atoms with Crippen molar-refractivity contribution in [3.05, 3.63) is 145 Å². The molecule has 0 radical (unpaired) electrons. The Balaban J connectivity index is 1.60. The van der Waals surface area contributed by atoms with Gasteiger partial charge in [-0.05, 0) is 89.8 Å². The van der Waals surface area contributed by atoms with Crippen LogP contribution in [0, 0.1) is 0 Å². The lowest BCUT2D eigenvalue weighted by molar-refractivity contribution is 0.422. The fraction of sp³-hybridized carbons (Fsp3) is 0.179. The van der Waals surface area contributed by atoms with Gasteiger partial charge >= 0.3 is 0 Å². The molecule has 6 aromatic rings. The minimum Gasteiger partial charge on any atom is -0.242 e. The van der Waals surface area contributed by atoms with Crippen molar-refractivity contribution in [1.82, 2.24) is 4.31 Å². The maximum atomic E-state index is 14.2. The highest BCUT2D eigenvalue weighted by molar-refractivity contribution is 7.84. The molecule has 2 nitrogen and oxygen atoms in total. The molecule has 0 bridgehead atoms. The summed E-state index contributed by atoms with van der Waals surface area (Å²) in [5, 5.41) is 7.59. The molecule has 0 saturated carbocycles. The predicted molar refractivity (Wildman–Crippen MR) is 189 cm³/mol. The van der Waals surface area contributed by atoms with Gasteiger partial charge in [0.15, 0.2) is 0 Å². The van der Waals surface area contributed by atoms with Crippen molar-refractivity contribution in [2.45, 2.75) is 31.6 Å². The normalized spacial score (nSPS) is 13.5. The van der Waals surface area contributed by atoms with E-state index in [-0.39, 0.29) is 6.04 Å². The summed E-state index contributed by atoms with van der Waals surface area (Å²) in [7, 11) is 0.0986. The average Bonchev–Trinajstić information content (AvgIpc) is 3.04. The standard InChI is InChI=1S/C39H38NOPS/c1-39(2,3)43(41)40(4)37(28-42(31-19-7-5-8-20-31)32-21-9-6-10-22-32)35-25-15-16-26-36(35)38-33-23-13-11-17-29(33)27-30-18-12-14-24-34(30)38/h5-27,37H,28H2,1-4H3/t37-,43-/m1/s1. The lowest BCUT2D eigenvalue weighted by atomic mass is 9.88. The third-order valence-electron chi connectivity index (χ3n) is 8.08. The Kier molecular flexibility index (Phi) is 8.59. The van der Waals surface area contributed by atoms with Gasteiger partial charge in [0.25, 0.3) is 0 Å². The van der Waals surface area contributed by atoms with E-state index in [2.05, 4.69) is 165 Å². The first-order valence-corrected chi connectivity index (χ1v) is 17.5. The summed E-state index contributed by atoms with van der Waals surface area (Å²) in [6.07, 6.45) is 0.849. The van der Waals surface area contributed by atoms with Crippen molar-refractivity contribution in [1.29, 1.82) is 0 Å². The Morgan fingerprint density at radius 3 is 1.65 bits per heavy atom. The molecule has 2 atom stereocenters. The number of hydrogen-bond donors (Lipinski definition) is 0. The van der Waals surface area contributed by atoms with Gasteiger partial charge in [-0.2, -0.15) is 0 Å². The first-order valence-electron chi connectivity index (χ1n) is 14.8. The van der Waals surface area contributed by atoms with Crippen LogP contribution in [0.5, 0.6) is 0 Å². The van der Waals surface area contributed by atoms with E-state index in [4.69, 9.17) is 0 Å². The van der Waals surface area contributed by atoms with Crippen LogP contribution in [0.25, 0.3) is 32.7 Å². The average molecular weight is 600 g/mol. The van der Waals surface area contributed by atoms with Crippen LogP contribution in [0.4, 0.5) is 0 Å². The van der Waals surface area contributed by atoms with Gasteiger partial charge in [-0.15, -0.1) is 0 Å². The summed E-state index contributed by atoms with van der Waals surface area (Å²) in [5.74, 6) is 0. The van der Waals surface area contributed by atoms with E-state index in [9.17, 15) is 4.21 Å². The fourth-order valence-electron chi connectivity index (χ4n) is 6.02. The lowest BCUT2D eigenvalue weighted by Gasteiger charge is -2.36. The van der Waals surface area contributed by atoms with Crippen LogP contribution in [0.3, 0.4) is 0 Å². The van der Waals surface area contributed by atoms with Crippen LogP contribution in [0.1, 0.15) is 32.4 Å². The zero-order valence-corrected chi connectivity index (χ0v) is 27.0. The van der Waals surface area contributed by atoms with Crippen molar-refractivity contribution < 1.29 is 4.21 Å². The third kappa shape index (κ3) is 6.08. The van der Waals surface area contributed by atoms with Crippen molar-refractivity contribution in [3.63, 3.8) is 0 Å². The first-order chi connectivity index (χ1) is 20.8. The SMILES string of the molecule is CN([C@H](CP(c1ccccc1)c1ccccc1)c1ccccc1-c1c2ccccc2cc2ccccc12)[S@](=O)C(C)(C)C. The summed E-state index contributed by atoms with van der Waals surface area (Å²) in [5.41, 5.74) is 3.66. The Labute approximate surface area is 259 Å². The van der Waals surface area contributed by atoms with E-state index in [1.54, 1.807) is 0 Å². The van der Waals surface area contributed by atoms with Crippen LogP contribution in [-0.2, 0) is 11.0 Å². The molecule has 0 aliphatic heterocycles. The molecule has 0 amide bonds. The molecular formula is C39H38NOPS. The second-order valence-corrected chi connectivity index (χ2v) is 16.5. The highest BCUT2D eigenvalue weighted by Crippen LogP contribution is 2.45. The molecule has 0 spiro atoms. The van der Waals surface area contributed by atoms with Gasteiger partial charge in [0.05, 0.1) is 10.8 Å². The van der Waals surface area contributed by atoms with Crippen molar-refractivity contribution in [3.8, 4) is 11.1 Å². The van der Waals surface area contributed by atoms with Crippen LogP contribution < -0.4 is 10.6 Å². The second kappa shape index (κ2) is 12.5. The topological polar surface area (TPSA) is 20.3 Å². The van der Waals surface area contributed by atoms with Crippen molar-refractivity contribution in [2.24, 2.45) is 0 Å². The molecular weight excluding hydrogens is 561 g/mol. The van der Waals surface area contributed by atoms with E-state index < -0.39 is 23.7 Å². The van der Waals surface area contributed by atoms with Gasteiger partial charge < -0.3 is 0 Å². The fourth-order valence-corrected chi connectivity index (χ4v) is 9.99. The molecule has 0 N–H and O–H groups in total. The van der Waals surface area contributed by atoms with E-state index in [0.717, 1.165) is 6.16 Å². The minimum absolute atomic E-state index is 0.0829. The molecule has 4 heteroatoms. The Morgan fingerprint density at radius 2 is 1.12 bits per heavy atom. The summed E-state index contributed by atoms with van der Waals surface area (Å²) in [6.45, 7) is 6.20. The summed E-state index contributed by atoms with van der Waals surface area (Å²) >= 11 is 0. The molecule has 0 saturated heterocycles. The van der Waals surface area contributed by atoms with Crippen molar-refractivity contribution in [2.75, 3.05) is 13.2 Å². The van der Waals surface area contributed by atoms with E-state index in [1.807, 2.05) is 7.05 Å². The van der Waals surface area contributed by atoms with Gasteiger partial charge in [0.1, 0.15) is 11.0 Å². The second-order valence-electron chi connectivity index (χ2n) is 12.0. The van der Waals surface area contributed by atoms with E-state index in [0.29, 0.717) is 0 Å². The van der Waals surface area contributed by atoms with E-state index >= 15 is 0 Å². The van der Waals surface area contributed by atoms with Gasteiger partial charge in [-0.25, -0.2) is 8.51 Å². The number of hydrogen-bond acceptors (Lipinski definition) is 1. The zero-order chi connectivity index (χ0) is 30.0. The number of fused-ring (bicyclic) bond motifs is 2. The van der Waals surface area contributed by atoms with Gasteiger partial charge in [0, 0.05) is 7.05 Å². The van der Waals surface area contributed by atoms with Gasteiger partial charge in [0.2, 0.25) is 0 Å². The molecule has 0 fully saturated rings. The van der Waals surface area contributed by atoms with Gasteiger partial charge in [-0.1, -0.05) is 133 Å². The van der Waals surface area contributed by atoms with Crippen LogP contribution >= 0.6 is 7.92 Å². The van der Waals surface area contributed by atoms with E-state index in [1.165, 1.54) is 48.8 Å². The lowest BCUT2D eigenvalue weighted by Crippen LogP contribution is -2.39. The monoisotopic (exact) mass is 599 g/mol. The molecule has 43 heavy (non-hydrogen) atoms. The number of rotatable bonds is 8. The Morgan fingerprint density at radius 1 is 0.651 bits per heavy atom. The Bertz CT molecular complexity index is 1790. The zero-order valence-electron chi connectivity index (χ0n) is 25.3. The summed E-state index contributed by atoms with van der Waals surface area (Å²) in [4.78, 5) is 0. The molecule has 0 aliphatic rings. The van der Waals surface area contributed by atoms with Crippen molar-refractivity contribution >= 4 is 51.1 Å². The highest BCUT2D eigenvalue weighted by Gasteiger charge is 2.33. The molecule has 0 heterocycles. The van der Waals surface area contributed by atoms with Crippen LogP contribution in [0.15, 0.2) is 140 Å². The maximum Gasteiger partial charge on any atom is 0.100 e. The first kappa shape index (κ1) is 29.5. The number of benzene rings is 6. The van der Waals surface area contributed by atoms with Gasteiger partial charge in [-0.3, -0.25) is 0 Å². The van der Waals surface area contributed by atoms with Crippen LogP contribution in [-0.4, -0.2) is 26.5 Å². The quantitative estimate of drug-likeness (QED) is 0.126. The largest absolute Gasteiger partial charge is 0.242 e. The van der Waals surface area contributed by atoms with Crippen LogP contribution in [0.2, 0.25) is 0 Å². The number of nitrogens with zero attached hydrogens (tertiary/aromatic N) is 1. The predicted octanol–water partition coefficient (Wildman–Crippen LogP) is 9.23. The molecule has 0 aliphatic carbocycles. The molecule has 6 aromatic carbocycles. The summed E-state index contributed by atoms with van der Waals surface area (Å²) < 4.78 is 15.9.